The van der Waals surface area contributed by atoms with Crippen LogP contribution in [0.4, 0.5) is 62.6 Å². The molecule has 60 heavy (non-hydrogen) atoms. The summed E-state index contributed by atoms with van der Waals surface area (Å²) >= 11 is 0. The van der Waals surface area contributed by atoms with Crippen LogP contribution in [0.3, 0.4) is 0 Å². The highest BCUT2D eigenvalue weighted by Crippen LogP contribution is 2.58. The van der Waals surface area contributed by atoms with Gasteiger partial charge < -0.3 is 19.6 Å². The predicted octanol–water partition coefficient (Wildman–Crippen LogP) is 12.8. The fourth-order valence-electron chi connectivity index (χ4n) is 10.6. The first-order valence-electron chi connectivity index (χ1n) is 21.3. The summed E-state index contributed by atoms with van der Waals surface area (Å²) in [6.07, 6.45) is 1.06. The summed E-state index contributed by atoms with van der Waals surface area (Å²) in [4.78, 5) is 9.97. The first-order chi connectivity index (χ1) is 29.4. The molecule has 0 aromatic heterocycles. The quantitative estimate of drug-likeness (QED) is 0.143. The number of hydrogen-bond donors (Lipinski definition) is 0. The van der Waals surface area contributed by atoms with Crippen LogP contribution in [0.2, 0.25) is 0 Å². The second-order valence-electron chi connectivity index (χ2n) is 17.1. The van der Waals surface area contributed by atoms with Crippen LogP contribution in [0.1, 0.15) is 39.7 Å². The topological polar surface area (TPSA) is 13.0 Å². The highest BCUT2D eigenvalue weighted by atomic mass is 15.3. The molecule has 8 aromatic rings. The minimum absolute atomic E-state index is 0.0283. The van der Waals surface area contributed by atoms with Gasteiger partial charge in [-0.05, 0) is 133 Å². The molecule has 5 heteroatoms. The van der Waals surface area contributed by atoms with Crippen LogP contribution in [0.15, 0.2) is 200 Å². The monoisotopic (exact) mass is 774 g/mol. The maximum absolute atomic E-state index is 2.70. The maximum Gasteiger partial charge on any atom is 0.252 e. The molecule has 0 radical (unpaired) electrons. The lowest BCUT2D eigenvalue weighted by molar-refractivity contribution is 0.293. The first-order valence-corrected chi connectivity index (χ1v) is 21.3. The van der Waals surface area contributed by atoms with Crippen molar-refractivity contribution in [3.63, 3.8) is 0 Å². The molecular formula is C55H47BN4. The Morgan fingerprint density at radius 1 is 0.450 bits per heavy atom. The van der Waals surface area contributed by atoms with Crippen LogP contribution >= 0.6 is 0 Å². The van der Waals surface area contributed by atoms with Gasteiger partial charge in [0.25, 0.3) is 6.71 Å². The van der Waals surface area contributed by atoms with E-state index in [0.29, 0.717) is 0 Å². The molecule has 1 atom stereocenters. The third-order valence-electron chi connectivity index (χ3n) is 13.9. The van der Waals surface area contributed by atoms with E-state index in [2.05, 4.69) is 247 Å². The van der Waals surface area contributed by atoms with Gasteiger partial charge >= 0.3 is 0 Å². The molecule has 0 unspecified atom stereocenters. The SMILES string of the molecule is CC[C@@]1(C)c2cccc3c2N(c2cccc4c2B3c2ccc(N(c3ccccc3)c3ccccc3)cc2N4c2cccc(N(c3ccccc3)c3ccccc3)c2)C1(C)C. The molecule has 3 heterocycles. The Kier molecular flexibility index (Phi) is 8.32. The smallest absolute Gasteiger partial charge is 0.252 e. The van der Waals surface area contributed by atoms with Gasteiger partial charge in [0.15, 0.2) is 0 Å². The number of hydrogen-bond acceptors (Lipinski definition) is 4. The lowest BCUT2D eigenvalue weighted by atomic mass is 9.33. The van der Waals surface area contributed by atoms with E-state index in [0.717, 1.165) is 46.2 Å². The van der Waals surface area contributed by atoms with Crippen molar-refractivity contribution in [2.45, 2.75) is 45.1 Å². The fraction of sp³-hybridized carbons (Fsp3) is 0.127. The van der Waals surface area contributed by atoms with Gasteiger partial charge in [-0.3, -0.25) is 0 Å². The second kappa shape index (κ2) is 13.8. The molecule has 0 saturated carbocycles. The number of nitrogens with zero attached hydrogens (tertiary/aromatic N) is 4. The van der Waals surface area contributed by atoms with E-state index in [1.165, 1.54) is 44.7 Å². The average Bonchev–Trinajstić information content (AvgIpc) is 3.48. The minimum Gasteiger partial charge on any atom is -0.336 e. The van der Waals surface area contributed by atoms with Crippen LogP contribution in [0.25, 0.3) is 0 Å². The zero-order valence-electron chi connectivity index (χ0n) is 34.6. The van der Waals surface area contributed by atoms with E-state index in [-0.39, 0.29) is 17.7 Å². The van der Waals surface area contributed by atoms with Crippen LogP contribution < -0.4 is 36.0 Å². The third-order valence-corrected chi connectivity index (χ3v) is 13.9. The van der Waals surface area contributed by atoms with Crippen LogP contribution in [0, 0.1) is 0 Å². The number of fused-ring (bicyclic) bond motifs is 4. The van der Waals surface area contributed by atoms with Gasteiger partial charge in [-0.25, -0.2) is 0 Å². The number of rotatable bonds is 8. The van der Waals surface area contributed by atoms with Crippen molar-refractivity contribution >= 4 is 85.7 Å². The van der Waals surface area contributed by atoms with Gasteiger partial charge in [0.2, 0.25) is 0 Å². The summed E-state index contributed by atoms with van der Waals surface area (Å²) in [7, 11) is 0. The molecule has 4 nitrogen and oxygen atoms in total. The Balaban J connectivity index is 1.18. The van der Waals surface area contributed by atoms with Crippen molar-refractivity contribution in [1.82, 2.24) is 0 Å². The molecule has 3 aliphatic heterocycles. The molecule has 3 aliphatic rings. The van der Waals surface area contributed by atoms with Gasteiger partial charge in [-0.2, -0.15) is 0 Å². The number of anilines is 11. The summed E-state index contributed by atoms with van der Waals surface area (Å²) in [6, 6.07) is 73.3. The summed E-state index contributed by atoms with van der Waals surface area (Å²) in [5.41, 5.74) is 18.2. The largest absolute Gasteiger partial charge is 0.336 e. The van der Waals surface area contributed by atoms with Gasteiger partial charge in [-0.15, -0.1) is 0 Å². The van der Waals surface area contributed by atoms with Gasteiger partial charge in [0.05, 0.1) is 0 Å². The van der Waals surface area contributed by atoms with Gasteiger partial charge in [0.1, 0.15) is 0 Å². The average molecular weight is 775 g/mol. The molecule has 11 rings (SSSR count). The number of para-hydroxylation sites is 5. The molecule has 290 valence electrons. The highest BCUT2D eigenvalue weighted by Gasteiger charge is 2.57. The van der Waals surface area contributed by atoms with Crippen LogP contribution in [-0.2, 0) is 5.41 Å². The zero-order chi connectivity index (χ0) is 40.6. The summed E-state index contributed by atoms with van der Waals surface area (Å²) in [5.74, 6) is 0. The molecule has 0 N–H and O–H groups in total. The number of benzene rings is 8. The lowest BCUT2D eigenvalue weighted by Crippen LogP contribution is -2.63. The molecule has 0 spiro atoms. The Morgan fingerprint density at radius 3 is 1.52 bits per heavy atom. The van der Waals surface area contributed by atoms with E-state index >= 15 is 0 Å². The third kappa shape index (κ3) is 5.25. The molecule has 8 aromatic carbocycles. The molecular weight excluding hydrogens is 727 g/mol. The Hall–Kier alpha value is -6.98. The standard InChI is InChI=1S/C55H47BN4/c1-5-55(4)46-31-19-32-48-53(46)60(54(55,2)3)50-34-20-33-49-52(50)56(48)47-36-35-45(58(41-25-14-8-15-26-41)42-27-16-9-17-28-42)38-51(47)59(49)44-30-18-29-43(37-44)57(39-21-10-6-11-22-39)40-23-12-7-13-24-40/h6-38H,5H2,1-4H3/t55-/m0/s1. The first kappa shape index (κ1) is 36.1. The molecule has 0 fully saturated rings. The van der Waals surface area contributed by atoms with Crippen molar-refractivity contribution in [2.75, 3.05) is 19.6 Å². The summed E-state index contributed by atoms with van der Waals surface area (Å²) < 4.78 is 0. The normalized spacial score (nSPS) is 16.5. The van der Waals surface area contributed by atoms with Crippen LogP contribution in [-0.4, -0.2) is 12.3 Å². The Morgan fingerprint density at radius 2 is 0.950 bits per heavy atom. The molecule has 0 saturated heterocycles. The van der Waals surface area contributed by atoms with Crippen molar-refractivity contribution in [3.05, 3.63) is 206 Å². The highest BCUT2D eigenvalue weighted by molar-refractivity contribution is 7.00. The van der Waals surface area contributed by atoms with Crippen molar-refractivity contribution in [3.8, 4) is 0 Å². The van der Waals surface area contributed by atoms with Crippen molar-refractivity contribution < 1.29 is 0 Å². The van der Waals surface area contributed by atoms with Crippen molar-refractivity contribution in [1.29, 1.82) is 0 Å². The van der Waals surface area contributed by atoms with E-state index in [4.69, 9.17) is 0 Å². The van der Waals surface area contributed by atoms with E-state index in [9.17, 15) is 0 Å². The minimum atomic E-state index is -0.146. The van der Waals surface area contributed by atoms with Crippen LogP contribution in [0.5, 0.6) is 0 Å². The van der Waals surface area contributed by atoms with Crippen molar-refractivity contribution in [2.24, 2.45) is 0 Å². The molecule has 0 amide bonds. The second-order valence-corrected chi connectivity index (χ2v) is 17.1. The fourth-order valence-corrected chi connectivity index (χ4v) is 10.6. The zero-order valence-corrected chi connectivity index (χ0v) is 34.6. The van der Waals surface area contributed by atoms with Gasteiger partial charge in [-0.1, -0.05) is 123 Å². The lowest BCUT2D eigenvalue weighted by Gasteiger charge is -2.49. The summed E-state index contributed by atoms with van der Waals surface area (Å²) in [6.45, 7) is 9.80. The molecule has 0 bridgehead atoms. The maximum atomic E-state index is 2.70. The van der Waals surface area contributed by atoms with E-state index in [1.54, 1.807) is 0 Å². The van der Waals surface area contributed by atoms with Gasteiger partial charge in [0, 0.05) is 73.5 Å². The Labute approximate surface area is 354 Å². The Bertz CT molecular complexity index is 2800. The van der Waals surface area contributed by atoms with E-state index in [1.807, 2.05) is 0 Å². The molecule has 0 aliphatic carbocycles. The van der Waals surface area contributed by atoms with E-state index < -0.39 is 0 Å². The predicted molar refractivity (Wildman–Crippen MR) is 255 cm³/mol. The summed E-state index contributed by atoms with van der Waals surface area (Å²) in [5, 5.41) is 0.